The number of ether oxygens (including phenoxy) is 2. The smallest absolute Gasteiger partial charge is 0.306 e. The fourth-order valence-corrected chi connectivity index (χ4v) is 1.22. The number of hydrogen-bond acceptors (Lipinski definition) is 3. The van der Waals surface area contributed by atoms with Crippen molar-refractivity contribution in [3.05, 3.63) is 30.3 Å². The third-order valence-corrected chi connectivity index (χ3v) is 1.93. The Morgan fingerprint density at radius 1 is 1.19 bits per heavy atom. The molecule has 16 heavy (non-hydrogen) atoms. The molecule has 1 rings (SSSR count). The van der Waals surface area contributed by atoms with Gasteiger partial charge in [0.2, 0.25) is 0 Å². The Morgan fingerprint density at radius 2 is 1.88 bits per heavy atom. The van der Waals surface area contributed by atoms with E-state index >= 15 is 0 Å². The van der Waals surface area contributed by atoms with E-state index in [-0.39, 0.29) is 5.97 Å². The minimum absolute atomic E-state index is 0.160. The van der Waals surface area contributed by atoms with Gasteiger partial charge in [0.05, 0.1) is 0 Å². The molecule has 0 saturated carbocycles. The zero-order valence-electron chi connectivity index (χ0n) is 9.81. The van der Waals surface area contributed by atoms with Gasteiger partial charge >= 0.3 is 5.97 Å². The SMILES string of the molecule is CC(C)CC(=O)OCCOc1ccccc1. The average Bonchev–Trinajstić information content (AvgIpc) is 2.25. The van der Waals surface area contributed by atoms with Gasteiger partial charge in [-0.1, -0.05) is 32.0 Å². The van der Waals surface area contributed by atoms with Gasteiger partial charge in [-0.05, 0) is 18.1 Å². The van der Waals surface area contributed by atoms with Gasteiger partial charge in [0, 0.05) is 6.42 Å². The van der Waals surface area contributed by atoms with Crippen molar-refractivity contribution in [3.63, 3.8) is 0 Å². The molecular weight excluding hydrogens is 204 g/mol. The van der Waals surface area contributed by atoms with Crippen molar-refractivity contribution in [1.29, 1.82) is 0 Å². The van der Waals surface area contributed by atoms with Crippen LogP contribution in [0.5, 0.6) is 5.75 Å². The van der Waals surface area contributed by atoms with Gasteiger partial charge in [-0.3, -0.25) is 4.79 Å². The van der Waals surface area contributed by atoms with Gasteiger partial charge in [-0.25, -0.2) is 0 Å². The Morgan fingerprint density at radius 3 is 2.50 bits per heavy atom. The lowest BCUT2D eigenvalue weighted by Gasteiger charge is -2.08. The molecule has 0 saturated heterocycles. The Labute approximate surface area is 96.4 Å². The van der Waals surface area contributed by atoms with E-state index in [2.05, 4.69) is 0 Å². The fourth-order valence-electron chi connectivity index (χ4n) is 1.22. The molecule has 3 nitrogen and oxygen atoms in total. The Balaban J connectivity index is 2.10. The van der Waals surface area contributed by atoms with E-state index in [9.17, 15) is 4.79 Å². The third kappa shape index (κ3) is 5.39. The van der Waals surface area contributed by atoms with E-state index in [1.165, 1.54) is 0 Å². The summed E-state index contributed by atoms with van der Waals surface area (Å²) in [6.07, 6.45) is 0.464. The molecule has 0 bridgehead atoms. The summed E-state index contributed by atoms with van der Waals surface area (Å²) in [6, 6.07) is 9.47. The zero-order chi connectivity index (χ0) is 11.8. The van der Waals surface area contributed by atoms with Crippen molar-refractivity contribution in [2.24, 2.45) is 5.92 Å². The predicted octanol–water partition coefficient (Wildman–Crippen LogP) is 2.65. The molecule has 0 amide bonds. The van der Waals surface area contributed by atoms with Crippen molar-refractivity contribution in [2.75, 3.05) is 13.2 Å². The van der Waals surface area contributed by atoms with E-state index < -0.39 is 0 Å². The first-order valence-corrected chi connectivity index (χ1v) is 5.52. The van der Waals surface area contributed by atoms with Crippen LogP contribution in [0.15, 0.2) is 30.3 Å². The first-order valence-electron chi connectivity index (χ1n) is 5.52. The normalized spacial score (nSPS) is 10.2. The summed E-state index contributed by atoms with van der Waals surface area (Å²) in [5.41, 5.74) is 0. The van der Waals surface area contributed by atoms with E-state index in [1.807, 2.05) is 44.2 Å². The molecule has 0 radical (unpaired) electrons. The van der Waals surface area contributed by atoms with E-state index in [0.29, 0.717) is 25.6 Å². The first-order chi connectivity index (χ1) is 7.68. The van der Waals surface area contributed by atoms with Crippen molar-refractivity contribution < 1.29 is 14.3 Å². The molecule has 3 heteroatoms. The molecule has 88 valence electrons. The summed E-state index contributed by atoms with van der Waals surface area (Å²) in [7, 11) is 0. The highest BCUT2D eigenvalue weighted by Gasteiger charge is 2.05. The van der Waals surface area contributed by atoms with Crippen LogP contribution in [-0.4, -0.2) is 19.2 Å². The minimum atomic E-state index is -0.160. The van der Waals surface area contributed by atoms with Crippen molar-refractivity contribution >= 4 is 5.97 Å². The maximum atomic E-state index is 11.2. The lowest BCUT2D eigenvalue weighted by atomic mass is 10.1. The van der Waals surface area contributed by atoms with Gasteiger partial charge in [-0.15, -0.1) is 0 Å². The number of benzene rings is 1. The van der Waals surface area contributed by atoms with Crippen LogP contribution in [0.2, 0.25) is 0 Å². The number of carbonyl (C=O) groups is 1. The maximum Gasteiger partial charge on any atom is 0.306 e. The number of rotatable bonds is 6. The van der Waals surface area contributed by atoms with Gasteiger partial charge in [0.15, 0.2) is 0 Å². The first kappa shape index (κ1) is 12.6. The van der Waals surface area contributed by atoms with E-state index in [4.69, 9.17) is 9.47 Å². The Bertz CT molecular complexity index is 306. The molecule has 0 atom stereocenters. The van der Waals surface area contributed by atoms with Gasteiger partial charge in [-0.2, -0.15) is 0 Å². The fraction of sp³-hybridized carbons (Fsp3) is 0.462. The summed E-state index contributed by atoms with van der Waals surface area (Å²) >= 11 is 0. The van der Waals surface area contributed by atoms with Crippen LogP contribution in [0.3, 0.4) is 0 Å². The summed E-state index contributed by atoms with van der Waals surface area (Å²) in [5.74, 6) is 0.969. The standard InChI is InChI=1S/C13H18O3/c1-11(2)10-13(14)16-9-8-15-12-6-4-3-5-7-12/h3-7,11H,8-10H2,1-2H3. The Kier molecular flexibility index (Phi) is 5.40. The van der Waals surface area contributed by atoms with Crippen molar-refractivity contribution in [2.45, 2.75) is 20.3 Å². The topological polar surface area (TPSA) is 35.5 Å². The summed E-state index contributed by atoms with van der Waals surface area (Å²) in [4.78, 5) is 11.2. The molecule has 1 aromatic carbocycles. The number of esters is 1. The average molecular weight is 222 g/mol. The van der Waals surface area contributed by atoms with Crippen LogP contribution < -0.4 is 4.74 Å². The van der Waals surface area contributed by atoms with Gasteiger partial charge in [0.1, 0.15) is 19.0 Å². The molecule has 0 N–H and O–H groups in total. The van der Waals surface area contributed by atoms with Crippen LogP contribution in [0, 0.1) is 5.92 Å². The molecule has 0 unspecified atom stereocenters. The summed E-state index contributed by atoms with van der Waals surface area (Å²) in [5, 5.41) is 0. The van der Waals surface area contributed by atoms with Crippen LogP contribution in [0.1, 0.15) is 20.3 Å². The van der Waals surface area contributed by atoms with Crippen LogP contribution in [0.4, 0.5) is 0 Å². The van der Waals surface area contributed by atoms with Crippen LogP contribution >= 0.6 is 0 Å². The highest BCUT2D eigenvalue weighted by Crippen LogP contribution is 2.07. The lowest BCUT2D eigenvalue weighted by molar-refractivity contribution is -0.145. The van der Waals surface area contributed by atoms with Gasteiger partial charge in [0.25, 0.3) is 0 Å². The molecule has 0 fully saturated rings. The predicted molar refractivity (Wildman–Crippen MR) is 62.4 cm³/mol. The van der Waals surface area contributed by atoms with Gasteiger partial charge < -0.3 is 9.47 Å². The molecule has 0 aromatic heterocycles. The second-order valence-electron chi connectivity index (χ2n) is 3.98. The highest BCUT2D eigenvalue weighted by atomic mass is 16.6. The van der Waals surface area contributed by atoms with Crippen LogP contribution in [0.25, 0.3) is 0 Å². The van der Waals surface area contributed by atoms with Crippen molar-refractivity contribution in [1.82, 2.24) is 0 Å². The van der Waals surface area contributed by atoms with E-state index in [1.54, 1.807) is 0 Å². The zero-order valence-corrected chi connectivity index (χ0v) is 9.81. The molecule has 0 spiro atoms. The minimum Gasteiger partial charge on any atom is -0.490 e. The number of hydrogen-bond donors (Lipinski definition) is 0. The molecule has 0 aliphatic heterocycles. The highest BCUT2D eigenvalue weighted by molar-refractivity contribution is 5.69. The molecular formula is C13H18O3. The summed E-state index contributed by atoms with van der Waals surface area (Å²) < 4.78 is 10.4. The van der Waals surface area contributed by atoms with Crippen LogP contribution in [-0.2, 0) is 9.53 Å². The van der Waals surface area contributed by atoms with E-state index in [0.717, 1.165) is 5.75 Å². The lowest BCUT2D eigenvalue weighted by Crippen LogP contribution is -2.13. The maximum absolute atomic E-state index is 11.2. The molecule has 0 heterocycles. The Hall–Kier alpha value is -1.51. The molecule has 0 aliphatic rings. The second kappa shape index (κ2) is 6.88. The molecule has 1 aromatic rings. The quantitative estimate of drug-likeness (QED) is 0.548. The summed E-state index contributed by atoms with van der Waals surface area (Å²) in [6.45, 7) is 4.68. The monoisotopic (exact) mass is 222 g/mol. The largest absolute Gasteiger partial charge is 0.490 e. The molecule has 0 aliphatic carbocycles. The van der Waals surface area contributed by atoms with Crippen molar-refractivity contribution in [3.8, 4) is 5.75 Å². The second-order valence-corrected chi connectivity index (χ2v) is 3.98. The third-order valence-electron chi connectivity index (χ3n) is 1.93. The number of para-hydroxylation sites is 1. The number of carbonyl (C=O) groups excluding carboxylic acids is 1.